The lowest BCUT2D eigenvalue weighted by Crippen LogP contribution is -2.19. The number of hydrogen-bond donors (Lipinski definition) is 5. The first-order chi connectivity index (χ1) is 15.7. The van der Waals surface area contributed by atoms with Crippen molar-refractivity contribution in [2.45, 2.75) is 18.8 Å². The van der Waals surface area contributed by atoms with E-state index in [4.69, 9.17) is 0 Å². The first kappa shape index (κ1) is 19.6. The number of amides is 2. The Bertz CT molecular complexity index is 1200. The van der Waals surface area contributed by atoms with Gasteiger partial charge in [0.2, 0.25) is 5.95 Å². The highest BCUT2D eigenvalue weighted by Crippen LogP contribution is 2.39. The molecule has 2 amide bonds. The summed E-state index contributed by atoms with van der Waals surface area (Å²) in [4.78, 5) is 20.9. The molecule has 2 aromatic carbocycles. The third kappa shape index (κ3) is 5.01. The standard InChI is InChI=1S/C23H22N8O/c32-23(26-16-4-2-1-3-5-16)27-18-10-8-17(9-11-18)25-22-24-13-12-20(29-22)28-21-14-19(30-31-21)15-6-7-15/h1-5,8-15H,6-7H2,(H2,26,27,32)(H3,24,25,28,29,30,31). The molecule has 1 aliphatic rings. The molecule has 0 saturated heterocycles. The topological polar surface area (TPSA) is 120 Å². The van der Waals surface area contributed by atoms with Crippen molar-refractivity contribution in [1.82, 2.24) is 20.2 Å². The van der Waals surface area contributed by atoms with Crippen molar-refractivity contribution >= 4 is 40.7 Å². The Morgan fingerprint density at radius 3 is 2.31 bits per heavy atom. The van der Waals surface area contributed by atoms with Crippen molar-refractivity contribution in [3.05, 3.63) is 78.6 Å². The molecule has 2 aromatic heterocycles. The Labute approximate surface area is 184 Å². The molecule has 0 bridgehead atoms. The number of rotatable bonds is 7. The van der Waals surface area contributed by atoms with Crippen LogP contribution in [0.3, 0.4) is 0 Å². The number of anilines is 6. The van der Waals surface area contributed by atoms with Crippen LogP contribution in [0, 0.1) is 0 Å². The average Bonchev–Trinajstić information content (AvgIpc) is 3.55. The van der Waals surface area contributed by atoms with E-state index in [2.05, 4.69) is 41.4 Å². The van der Waals surface area contributed by atoms with E-state index >= 15 is 0 Å². The highest BCUT2D eigenvalue weighted by atomic mass is 16.2. The number of aromatic amines is 1. The van der Waals surface area contributed by atoms with Gasteiger partial charge in [-0.1, -0.05) is 18.2 Å². The molecule has 1 fully saturated rings. The Balaban J connectivity index is 1.18. The zero-order valence-corrected chi connectivity index (χ0v) is 17.2. The van der Waals surface area contributed by atoms with Crippen LogP contribution in [0.4, 0.5) is 39.4 Å². The van der Waals surface area contributed by atoms with Gasteiger partial charge in [0.1, 0.15) is 5.82 Å². The number of nitrogens with one attached hydrogen (secondary N) is 5. The van der Waals surface area contributed by atoms with Crippen molar-refractivity contribution < 1.29 is 4.79 Å². The van der Waals surface area contributed by atoms with Crippen molar-refractivity contribution in [2.24, 2.45) is 0 Å². The second-order valence-corrected chi connectivity index (χ2v) is 7.52. The fourth-order valence-corrected chi connectivity index (χ4v) is 3.20. The van der Waals surface area contributed by atoms with E-state index in [1.54, 1.807) is 24.4 Å². The molecule has 1 saturated carbocycles. The fourth-order valence-electron chi connectivity index (χ4n) is 3.20. The normalized spacial score (nSPS) is 12.8. The van der Waals surface area contributed by atoms with Crippen LogP contribution in [-0.4, -0.2) is 26.2 Å². The van der Waals surface area contributed by atoms with Crippen molar-refractivity contribution in [3.63, 3.8) is 0 Å². The lowest BCUT2D eigenvalue weighted by atomic mass is 10.3. The number of carbonyl (C=O) groups is 1. The van der Waals surface area contributed by atoms with Gasteiger partial charge in [-0.15, -0.1) is 0 Å². The van der Waals surface area contributed by atoms with E-state index in [0.717, 1.165) is 22.9 Å². The second-order valence-electron chi connectivity index (χ2n) is 7.52. The Morgan fingerprint density at radius 1 is 0.844 bits per heavy atom. The lowest BCUT2D eigenvalue weighted by molar-refractivity contribution is 0.262. The van der Waals surface area contributed by atoms with Gasteiger partial charge in [-0.3, -0.25) is 5.10 Å². The molecule has 0 radical (unpaired) electrons. The second kappa shape index (κ2) is 8.76. The van der Waals surface area contributed by atoms with Crippen LogP contribution in [0.15, 0.2) is 72.9 Å². The van der Waals surface area contributed by atoms with E-state index in [9.17, 15) is 4.79 Å². The molecular weight excluding hydrogens is 404 g/mol. The van der Waals surface area contributed by atoms with Gasteiger partial charge < -0.3 is 21.3 Å². The SMILES string of the molecule is O=C(Nc1ccccc1)Nc1ccc(Nc2nccc(Nc3cc(C4CC4)[nH]n3)n2)cc1. The summed E-state index contributed by atoms with van der Waals surface area (Å²) in [5.74, 6) is 2.45. The van der Waals surface area contributed by atoms with Crippen molar-refractivity contribution in [2.75, 3.05) is 21.3 Å². The van der Waals surface area contributed by atoms with Gasteiger partial charge in [0, 0.05) is 40.9 Å². The van der Waals surface area contributed by atoms with E-state index in [-0.39, 0.29) is 6.03 Å². The highest BCUT2D eigenvalue weighted by molar-refractivity contribution is 5.99. The largest absolute Gasteiger partial charge is 0.324 e. The summed E-state index contributed by atoms with van der Waals surface area (Å²) in [6, 6.07) is 20.1. The van der Waals surface area contributed by atoms with E-state index < -0.39 is 0 Å². The molecule has 4 aromatic rings. The maximum atomic E-state index is 12.1. The Kier molecular flexibility index (Phi) is 5.36. The van der Waals surface area contributed by atoms with Crippen LogP contribution in [0.2, 0.25) is 0 Å². The fraction of sp³-hybridized carbons (Fsp3) is 0.130. The smallest absolute Gasteiger partial charge is 0.323 e. The predicted octanol–water partition coefficient (Wildman–Crippen LogP) is 5.21. The number of urea groups is 1. The first-order valence-electron chi connectivity index (χ1n) is 10.4. The molecule has 0 spiro atoms. The number of hydrogen-bond acceptors (Lipinski definition) is 6. The molecule has 9 heteroatoms. The lowest BCUT2D eigenvalue weighted by Gasteiger charge is -2.09. The van der Waals surface area contributed by atoms with Crippen LogP contribution in [-0.2, 0) is 0 Å². The molecule has 0 aliphatic heterocycles. The van der Waals surface area contributed by atoms with Gasteiger partial charge in [-0.25, -0.2) is 9.78 Å². The summed E-state index contributed by atoms with van der Waals surface area (Å²) in [5, 5.41) is 19.3. The summed E-state index contributed by atoms with van der Waals surface area (Å²) in [6.45, 7) is 0. The summed E-state index contributed by atoms with van der Waals surface area (Å²) in [5.41, 5.74) is 3.36. The van der Waals surface area contributed by atoms with Gasteiger partial charge in [-0.2, -0.15) is 10.1 Å². The molecule has 2 heterocycles. The van der Waals surface area contributed by atoms with Gasteiger partial charge in [0.15, 0.2) is 5.82 Å². The zero-order chi connectivity index (χ0) is 21.8. The van der Waals surface area contributed by atoms with E-state index in [1.807, 2.05) is 48.5 Å². The van der Waals surface area contributed by atoms with Crippen molar-refractivity contribution in [1.29, 1.82) is 0 Å². The predicted molar refractivity (Wildman–Crippen MR) is 125 cm³/mol. The van der Waals surface area contributed by atoms with Crippen molar-refractivity contribution in [3.8, 4) is 0 Å². The van der Waals surface area contributed by atoms with Crippen LogP contribution < -0.4 is 21.3 Å². The first-order valence-corrected chi connectivity index (χ1v) is 10.4. The summed E-state index contributed by atoms with van der Waals surface area (Å²) >= 11 is 0. The number of H-pyrrole nitrogens is 1. The van der Waals surface area contributed by atoms with Gasteiger partial charge in [0.05, 0.1) is 0 Å². The molecule has 5 N–H and O–H groups in total. The summed E-state index contributed by atoms with van der Waals surface area (Å²) in [6.07, 6.45) is 4.11. The quantitative estimate of drug-likeness (QED) is 0.277. The van der Waals surface area contributed by atoms with Gasteiger partial charge in [0.25, 0.3) is 0 Å². The molecule has 9 nitrogen and oxygen atoms in total. The zero-order valence-electron chi connectivity index (χ0n) is 17.2. The number of carbonyl (C=O) groups excluding carboxylic acids is 1. The molecule has 5 rings (SSSR count). The molecule has 1 aliphatic carbocycles. The number of aromatic nitrogens is 4. The minimum absolute atomic E-state index is 0.303. The Hall–Kier alpha value is -4.40. The number of para-hydroxylation sites is 1. The maximum Gasteiger partial charge on any atom is 0.323 e. The minimum Gasteiger partial charge on any atom is -0.324 e. The Morgan fingerprint density at radius 2 is 1.56 bits per heavy atom. The van der Waals surface area contributed by atoms with Gasteiger partial charge >= 0.3 is 6.03 Å². The summed E-state index contributed by atoms with van der Waals surface area (Å²) in [7, 11) is 0. The van der Waals surface area contributed by atoms with Crippen LogP contribution in [0.5, 0.6) is 0 Å². The molecule has 160 valence electrons. The van der Waals surface area contributed by atoms with Crippen LogP contribution >= 0.6 is 0 Å². The van der Waals surface area contributed by atoms with Crippen LogP contribution in [0.1, 0.15) is 24.5 Å². The van der Waals surface area contributed by atoms with E-state index in [0.29, 0.717) is 23.4 Å². The maximum absolute atomic E-state index is 12.1. The third-order valence-corrected chi connectivity index (χ3v) is 4.96. The third-order valence-electron chi connectivity index (χ3n) is 4.96. The highest BCUT2D eigenvalue weighted by Gasteiger charge is 2.25. The number of nitrogens with zero attached hydrogens (tertiary/aromatic N) is 3. The average molecular weight is 426 g/mol. The molecule has 0 atom stereocenters. The molecule has 32 heavy (non-hydrogen) atoms. The minimum atomic E-state index is -0.303. The van der Waals surface area contributed by atoms with E-state index in [1.165, 1.54) is 12.8 Å². The summed E-state index contributed by atoms with van der Waals surface area (Å²) < 4.78 is 0. The van der Waals surface area contributed by atoms with Crippen LogP contribution in [0.25, 0.3) is 0 Å². The number of benzene rings is 2. The molecule has 0 unspecified atom stereocenters. The van der Waals surface area contributed by atoms with Gasteiger partial charge in [-0.05, 0) is 55.3 Å². The molecular formula is C23H22N8O. The monoisotopic (exact) mass is 426 g/mol.